The van der Waals surface area contributed by atoms with Crippen molar-refractivity contribution in [2.24, 2.45) is 0 Å². The summed E-state index contributed by atoms with van der Waals surface area (Å²) in [5.74, 6) is 1.03. The number of carbonyl (C=O) groups is 1. The number of nitrogens with zero attached hydrogens (tertiary/aromatic N) is 2. The number of hydrogen-bond donors (Lipinski definition) is 2. The van der Waals surface area contributed by atoms with Crippen LogP contribution in [0.5, 0.6) is 0 Å². The molecule has 5 nitrogen and oxygen atoms in total. The third-order valence-electron chi connectivity index (χ3n) is 2.57. The Balaban J connectivity index is 1.95. The fraction of sp³-hybridized carbons (Fsp3) is 0.357. The maximum Gasteiger partial charge on any atom is 0.230 e. The molecule has 106 valence electrons. The number of nitrogens with one attached hydrogen (secondary N) is 2. The summed E-state index contributed by atoms with van der Waals surface area (Å²) in [7, 11) is 0. The van der Waals surface area contributed by atoms with Crippen LogP contribution in [-0.4, -0.2) is 32.9 Å². The van der Waals surface area contributed by atoms with Crippen LogP contribution in [0.3, 0.4) is 0 Å². The maximum absolute atomic E-state index is 11.5. The summed E-state index contributed by atoms with van der Waals surface area (Å²) in [6.45, 7) is 5.91. The van der Waals surface area contributed by atoms with Gasteiger partial charge in [0, 0.05) is 11.6 Å². The number of thioether (sulfide) groups is 1. The van der Waals surface area contributed by atoms with Gasteiger partial charge in [-0.25, -0.2) is 4.98 Å². The van der Waals surface area contributed by atoms with Crippen LogP contribution in [0.1, 0.15) is 19.4 Å². The number of amides is 1. The van der Waals surface area contributed by atoms with Gasteiger partial charge in [-0.2, -0.15) is 0 Å². The molecule has 1 aromatic carbocycles. The van der Waals surface area contributed by atoms with Gasteiger partial charge in [0.2, 0.25) is 11.1 Å². The number of aryl methyl sites for hydroxylation is 1. The van der Waals surface area contributed by atoms with E-state index in [1.54, 1.807) is 0 Å². The van der Waals surface area contributed by atoms with Crippen LogP contribution in [0.4, 0.5) is 0 Å². The number of hydrogen-bond acceptors (Lipinski definition) is 4. The molecule has 0 saturated heterocycles. The number of aromatic amines is 1. The van der Waals surface area contributed by atoms with E-state index < -0.39 is 0 Å². The lowest BCUT2D eigenvalue weighted by molar-refractivity contribution is -0.119. The fourth-order valence-electron chi connectivity index (χ4n) is 1.65. The molecule has 2 N–H and O–H groups in total. The zero-order valence-electron chi connectivity index (χ0n) is 11.8. The molecule has 2 aromatic rings. The van der Waals surface area contributed by atoms with E-state index >= 15 is 0 Å². The lowest BCUT2D eigenvalue weighted by Crippen LogP contribution is -2.31. The molecule has 1 amide bonds. The number of benzene rings is 1. The standard InChI is InChI=1S/C14H18N4OS/c1-9(2)15-12(19)8-20-14-16-13(17-18-14)11-6-4-10(3)5-7-11/h4-7,9H,8H2,1-3H3,(H,15,19)(H,16,17,18). The first-order valence-corrected chi connectivity index (χ1v) is 7.45. The summed E-state index contributed by atoms with van der Waals surface area (Å²) >= 11 is 1.32. The molecule has 0 unspecified atom stereocenters. The zero-order valence-corrected chi connectivity index (χ0v) is 12.6. The summed E-state index contributed by atoms with van der Waals surface area (Å²) in [5.41, 5.74) is 2.19. The molecule has 0 aliphatic carbocycles. The van der Waals surface area contributed by atoms with Crippen LogP contribution in [-0.2, 0) is 4.79 Å². The Hall–Kier alpha value is -1.82. The maximum atomic E-state index is 11.5. The number of rotatable bonds is 5. The second-order valence-corrected chi connectivity index (χ2v) is 5.79. The molecule has 0 fully saturated rings. The Morgan fingerprint density at radius 2 is 2.05 bits per heavy atom. The van der Waals surface area contributed by atoms with Crippen molar-refractivity contribution in [3.8, 4) is 11.4 Å². The van der Waals surface area contributed by atoms with E-state index in [4.69, 9.17) is 0 Å². The normalized spacial score (nSPS) is 10.8. The highest BCUT2D eigenvalue weighted by molar-refractivity contribution is 7.99. The molecular weight excluding hydrogens is 272 g/mol. The smallest absolute Gasteiger partial charge is 0.230 e. The molecule has 6 heteroatoms. The summed E-state index contributed by atoms with van der Waals surface area (Å²) in [5, 5.41) is 10.4. The van der Waals surface area contributed by atoms with E-state index in [1.807, 2.05) is 45.0 Å². The molecule has 0 aliphatic rings. The second kappa shape index (κ2) is 6.56. The van der Waals surface area contributed by atoms with E-state index in [1.165, 1.54) is 17.3 Å². The fourth-order valence-corrected chi connectivity index (χ4v) is 2.25. The third kappa shape index (κ3) is 4.09. The Morgan fingerprint density at radius 3 is 2.70 bits per heavy atom. The first-order chi connectivity index (χ1) is 9.54. The first-order valence-electron chi connectivity index (χ1n) is 6.46. The van der Waals surface area contributed by atoms with Crippen LogP contribution >= 0.6 is 11.8 Å². The monoisotopic (exact) mass is 290 g/mol. The minimum Gasteiger partial charge on any atom is -0.353 e. The van der Waals surface area contributed by atoms with Gasteiger partial charge in [-0.15, -0.1) is 5.10 Å². The molecule has 2 rings (SSSR count). The minimum atomic E-state index is -0.00770. The third-order valence-corrected chi connectivity index (χ3v) is 3.42. The van der Waals surface area contributed by atoms with E-state index in [0.29, 0.717) is 10.9 Å². The van der Waals surface area contributed by atoms with Crippen molar-refractivity contribution in [1.82, 2.24) is 20.5 Å². The van der Waals surface area contributed by atoms with Gasteiger partial charge in [0.1, 0.15) is 0 Å². The molecule has 0 aliphatic heterocycles. The molecule has 1 heterocycles. The van der Waals surface area contributed by atoms with Gasteiger partial charge < -0.3 is 5.32 Å². The highest BCUT2D eigenvalue weighted by Gasteiger charge is 2.09. The molecule has 20 heavy (non-hydrogen) atoms. The molecule has 0 spiro atoms. The average Bonchev–Trinajstić information content (AvgIpc) is 2.85. The van der Waals surface area contributed by atoms with Crippen molar-refractivity contribution < 1.29 is 4.79 Å². The molecule has 0 bridgehead atoms. The predicted molar refractivity (Wildman–Crippen MR) is 80.6 cm³/mol. The number of carbonyl (C=O) groups excluding carboxylic acids is 1. The average molecular weight is 290 g/mol. The van der Waals surface area contributed by atoms with Gasteiger partial charge in [0.05, 0.1) is 5.75 Å². The van der Waals surface area contributed by atoms with E-state index in [2.05, 4.69) is 20.5 Å². The highest BCUT2D eigenvalue weighted by atomic mass is 32.2. The lowest BCUT2D eigenvalue weighted by atomic mass is 10.1. The van der Waals surface area contributed by atoms with E-state index in [0.717, 1.165) is 11.4 Å². The van der Waals surface area contributed by atoms with Gasteiger partial charge in [0.25, 0.3) is 0 Å². The Kier molecular flexibility index (Phi) is 4.79. The summed E-state index contributed by atoms with van der Waals surface area (Å²) in [4.78, 5) is 15.9. The van der Waals surface area contributed by atoms with Gasteiger partial charge in [0.15, 0.2) is 5.82 Å². The Labute approximate surface area is 122 Å². The van der Waals surface area contributed by atoms with Crippen LogP contribution in [0.15, 0.2) is 29.4 Å². The van der Waals surface area contributed by atoms with Crippen LogP contribution < -0.4 is 5.32 Å². The minimum absolute atomic E-state index is 0.00770. The first kappa shape index (κ1) is 14.6. The van der Waals surface area contributed by atoms with Gasteiger partial charge >= 0.3 is 0 Å². The van der Waals surface area contributed by atoms with Gasteiger partial charge in [-0.05, 0) is 20.8 Å². The molecular formula is C14H18N4OS. The number of H-pyrrole nitrogens is 1. The van der Waals surface area contributed by atoms with Crippen LogP contribution in [0, 0.1) is 6.92 Å². The zero-order chi connectivity index (χ0) is 14.5. The summed E-state index contributed by atoms with van der Waals surface area (Å²) in [6.07, 6.45) is 0. The Bertz CT molecular complexity index is 577. The van der Waals surface area contributed by atoms with Crippen molar-refractivity contribution in [3.05, 3.63) is 29.8 Å². The van der Waals surface area contributed by atoms with Crippen molar-refractivity contribution in [1.29, 1.82) is 0 Å². The van der Waals surface area contributed by atoms with E-state index in [-0.39, 0.29) is 11.9 Å². The topological polar surface area (TPSA) is 70.7 Å². The van der Waals surface area contributed by atoms with Crippen molar-refractivity contribution in [3.63, 3.8) is 0 Å². The molecule has 0 atom stereocenters. The SMILES string of the molecule is Cc1ccc(-c2nc(SCC(=O)NC(C)C)n[nH]2)cc1. The quantitative estimate of drug-likeness (QED) is 0.830. The van der Waals surface area contributed by atoms with Crippen molar-refractivity contribution in [2.75, 3.05) is 5.75 Å². The van der Waals surface area contributed by atoms with Crippen molar-refractivity contribution >= 4 is 17.7 Å². The van der Waals surface area contributed by atoms with E-state index in [9.17, 15) is 4.79 Å². The van der Waals surface area contributed by atoms with Crippen LogP contribution in [0.25, 0.3) is 11.4 Å². The predicted octanol–water partition coefficient (Wildman–Crippen LogP) is 2.40. The molecule has 0 saturated carbocycles. The summed E-state index contributed by atoms with van der Waals surface area (Å²) < 4.78 is 0. The number of aromatic nitrogens is 3. The van der Waals surface area contributed by atoms with Gasteiger partial charge in [-0.3, -0.25) is 9.89 Å². The highest BCUT2D eigenvalue weighted by Crippen LogP contribution is 2.19. The van der Waals surface area contributed by atoms with Crippen LogP contribution in [0.2, 0.25) is 0 Å². The molecule has 1 aromatic heterocycles. The Morgan fingerprint density at radius 1 is 1.35 bits per heavy atom. The second-order valence-electron chi connectivity index (χ2n) is 4.84. The van der Waals surface area contributed by atoms with Gasteiger partial charge in [-0.1, -0.05) is 41.6 Å². The summed E-state index contributed by atoms with van der Waals surface area (Å²) in [6, 6.07) is 8.20. The molecule has 0 radical (unpaired) electrons. The largest absolute Gasteiger partial charge is 0.353 e. The van der Waals surface area contributed by atoms with Crippen molar-refractivity contribution in [2.45, 2.75) is 32.0 Å². The lowest BCUT2D eigenvalue weighted by Gasteiger charge is -2.06.